The third kappa shape index (κ3) is 4.60. The third-order valence-electron chi connectivity index (χ3n) is 4.51. The predicted molar refractivity (Wildman–Crippen MR) is 106 cm³/mol. The Hall–Kier alpha value is -2.10. The number of carbonyl (C=O) groups excluding carboxylic acids is 1. The molecule has 1 amide bonds. The minimum atomic E-state index is -0.00365. The molecule has 0 unspecified atom stereocenters. The Balaban J connectivity index is 1.27. The molecule has 140 valence electrons. The van der Waals surface area contributed by atoms with Gasteiger partial charge in [-0.2, -0.15) is 4.98 Å². The van der Waals surface area contributed by atoms with E-state index in [0.29, 0.717) is 24.1 Å². The van der Waals surface area contributed by atoms with Gasteiger partial charge in [-0.15, -0.1) is 11.3 Å². The highest BCUT2D eigenvalue weighted by molar-refractivity contribution is 9.10. The van der Waals surface area contributed by atoms with Crippen LogP contribution in [-0.4, -0.2) is 39.0 Å². The fourth-order valence-electron chi connectivity index (χ4n) is 3.05. The highest BCUT2D eigenvalue weighted by atomic mass is 79.9. The maximum atomic E-state index is 12.4. The number of pyridine rings is 1. The molecule has 7 nitrogen and oxygen atoms in total. The zero-order chi connectivity index (χ0) is 18.6. The molecule has 4 rings (SSSR count). The second-order valence-electron chi connectivity index (χ2n) is 6.39. The van der Waals surface area contributed by atoms with E-state index in [4.69, 9.17) is 4.52 Å². The average molecular weight is 448 g/mol. The van der Waals surface area contributed by atoms with Crippen molar-refractivity contribution in [2.45, 2.75) is 19.4 Å². The van der Waals surface area contributed by atoms with Gasteiger partial charge < -0.3 is 9.84 Å². The summed E-state index contributed by atoms with van der Waals surface area (Å²) in [7, 11) is 0. The van der Waals surface area contributed by atoms with E-state index in [0.717, 1.165) is 35.3 Å². The number of nitrogens with one attached hydrogen (secondary N) is 1. The summed E-state index contributed by atoms with van der Waals surface area (Å²) < 4.78 is 6.25. The lowest BCUT2D eigenvalue weighted by molar-refractivity contribution is -0.121. The van der Waals surface area contributed by atoms with Crippen molar-refractivity contribution >= 4 is 39.0 Å². The summed E-state index contributed by atoms with van der Waals surface area (Å²) in [5.41, 5.74) is 0. The molecule has 0 spiro atoms. The van der Waals surface area contributed by atoms with E-state index in [-0.39, 0.29) is 11.8 Å². The molecular formula is C18H18BrN5O2S. The van der Waals surface area contributed by atoms with Crippen LogP contribution >= 0.6 is 27.3 Å². The summed E-state index contributed by atoms with van der Waals surface area (Å²) in [5.74, 6) is 1.85. The molecule has 3 aromatic heterocycles. The number of aromatic nitrogens is 3. The van der Waals surface area contributed by atoms with Crippen molar-refractivity contribution < 1.29 is 9.32 Å². The van der Waals surface area contributed by atoms with E-state index in [1.165, 1.54) is 0 Å². The highest BCUT2D eigenvalue weighted by Crippen LogP contribution is 2.23. The first-order chi connectivity index (χ1) is 13.2. The van der Waals surface area contributed by atoms with Gasteiger partial charge in [-0.3, -0.25) is 9.69 Å². The second kappa shape index (κ2) is 8.28. The number of halogens is 1. The number of carbonyl (C=O) groups is 1. The van der Waals surface area contributed by atoms with Crippen LogP contribution < -0.4 is 5.32 Å². The summed E-state index contributed by atoms with van der Waals surface area (Å²) in [5, 5.41) is 8.93. The zero-order valence-electron chi connectivity index (χ0n) is 14.5. The van der Waals surface area contributed by atoms with Crippen LogP contribution in [0.3, 0.4) is 0 Å². The van der Waals surface area contributed by atoms with Crippen LogP contribution in [0.1, 0.15) is 18.7 Å². The van der Waals surface area contributed by atoms with Crippen LogP contribution in [0.15, 0.2) is 44.8 Å². The standard InChI is InChI=1S/C18H18BrN5O2S/c19-13-3-4-15(20-10-13)21-18(25)12-5-7-24(8-6-12)11-16-22-17(23-26-16)14-2-1-9-27-14/h1-4,9-10,12H,5-8,11H2,(H,20,21,25). The number of nitrogens with zero attached hydrogens (tertiary/aromatic N) is 4. The first-order valence-corrected chi connectivity index (χ1v) is 10.4. The number of rotatable bonds is 5. The van der Waals surface area contributed by atoms with E-state index in [2.05, 4.69) is 41.3 Å². The van der Waals surface area contributed by atoms with Crippen molar-refractivity contribution in [2.75, 3.05) is 18.4 Å². The lowest BCUT2D eigenvalue weighted by Gasteiger charge is -2.30. The van der Waals surface area contributed by atoms with E-state index < -0.39 is 0 Å². The molecule has 1 aliphatic rings. The summed E-state index contributed by atoms with van der Waals surface area (Å²) >= 11 is 4.93. The molecule has 0 saturated carbocycles. The largest absolute Gasteiger partial charge is 0.338 e. The Kier molecular flexibility index (Phi) is 5.61. The summed E-state index contributed by atoms with van der Waals surface area (Å²) in [6, 6.07) is 7.59. The number of hydrogen-bond acceptors (Lipinski definition) is 7. The highest BCUT2D eigenvalue weighted by Gasteiger charge is 2.26. The maximum Gasteiger partial charge on any atom is 0.241 e. The number of likely N-dealkylation sites (tertiary alicyclic amines) is 1. The Morgan fingerprint density at radius 3 is 2.89 bits per heavy atom. The summed E-state index contributed by atoms with van der Waals surface area (Å²) in [6.07, 6.45) is 3.27. The average Bonchev–Trinajstić information content (AvgIpc) is 3.36. The van der Waals surface area contributed by atoms with E-state index in [9.17, 15) is 4.79 Å². The zero-order valence-corrected chi connectivity index (χ0v) is 16.9. The van der Waals surface area contributed by atoms with Crippen molar-refractivity contribution in [3.63, 3.8) is 0 Å². The van der Waals surface area contributed by atoms with Gasteiger partial charge >= 0.3 is 0 Å². The summed E-state index contributed by atoms with van der Waals surface area (Å²) in [6.45, 7) is 2.26. The Morgan fingerprint density at radius 1 is 1.33 bits per heavy atom. The number of hydrogen-bond donors (Lipinski definition) is 1. The second-order valence-corrected chi connectivity index (χ2v) is 8.25. The van der Waals surface area contributed by atoms with E-state index in [1.807, 2.05) is 23.6 Å². The molecule has 0 aromatic carbocycles. The van der Waals surface area contributed by atoms with Crippen molar-refractivity contribution in [1.82, 2.24) is 20.0 Å². The van der Waals surface area contributed by atoms with Gasteiger partial charge in [-0.1, -0.05) is 11.2 Å². The van der Waals surface area contributed by atoms with Gasteiger partial charge in [-0.25, -0.2) is 4.98 Å². The molecule has 1 N–H and O–H groups in total. The number of thiophene rings is 1. The third-order valence-corrected chi connectivity index (χ3v) is 5.84. The predicted octanol–water partition coefficient (Wildman–Crippen LogP) is 3.81. The fraction of sp³-hybridized carbons (Fsp3) is 0.333. The van der Waals surface area contributed by atoms with Crippen LogP contribution in [0.25, 0.3) is 10.7 Å². The topological polar surface area (TPSA) is 84.2 Å². The van der Waals surface area contributed by atoms with Crippen LogP contribution in [-0.2, 0) is 11.3 Å². The monoisotopic (exact) mass is 447 g/mol. The van der Waals surface area contributed by atoms with Gasteiger partial charge in [0.1, 0.15) is 5.82 Å². The SMILES string of the molecule is O=C(Nc1ccc(Br)cn1)C1CCN(Cc2nc(-c3cccs3)no2)CC1. The lowest BCUT2D eigenvalue weighted by atomic mass is 9.96. The number of anilines is 1. The normalized spacial score (nSPS) is 15.7. The smallest absolute Gasteiger partial charge is 0.241 e. The molecule has 0 radical (unpaired) electrons. The molecule has 0 aliphatic carbocycles. The van der Waals surface area contributed by atoms with Crippen molar-refractivity contribution in [2.24, 2.45) is 5.92 Å². The van der Waals surface area contributed by atoms with Gasteiger partial charge in [0.2, 0.25) is 17.6 Å². The van der Waals surface area contributed by atoms with Gasteiger partial charge in [0.25, 0.3) is 0 Å². The number of amides is 1. The first-order valence-electron chi connectivity index (χ1n) is 8.68. The van der Waals surface area contributed by atoms with Crippen LogP contribution in [0.4, 0.5) is 5.82 Å². The molecule has 3 aromatic rings. The van der Waals surface area contributed by atoms with Crippen molar-refractivity contribution in [3.8, 4) is 10.7 Å². The van der Waals surface area contributed by atoms with Gasteiger partial charge in [0, 0.05) is 16.6 Å². The van der Waals surface area contributed by atoms with Gasteiger partial charge in [-0.05, 0) is 65.4 Å². The lowest BCUT2D eigenvalue weighted by Crippen LogP contribution is -2.37. The number of piperidine rings is 1. The van der Waals surface area contributed by atoms with Gasteiger partial charge in [0.15, 0.2) is 0 Å². The van der Waals surface area contributed by atoms with E-state index >= 15 is 0 Å². The Labute approximate surface area is 168 Å². The molecule has 0 atom stereocenters. The summed E-state index contributed by atoms with van der Waals surface area (Å²) in [4.78, 5) is 24.3. The van der Waals surface area contributed by atoms with Gasteiger partial charge in [0.05, 0.1) is 11.4 Å². The van der Waals surface area contributed by atoms with E-state index in [1.54, 1.807) is 23.6 Å². The molecule has 9 heteroatoms. The van der Waals surface area contributed by atoms with Crippen molar-refractivity contribution in [3.05, 3.63) is 46.2 Å². The molecule has 1 fully saturated rings. The minimum Gasteiger partial charge on any atom is -0.338 e. The quantitative estimate of drug-likeness (QED) is 0.639. The van der Waals surface area contributed by atoms with Crippen LogP contribution in [0, 0.1) is 5.92 Å². The Bertz CT molecular complexity index is 889. The fourth-order valence-corrected chi connectivity index (χ4v) is 3.93. The molecule has 0 bridgehead atoms. The molecule has 1 saturated heterocycles. The van der Waals surface area contributed by atoms with Crippen LogP contribution in [0.2, 0.25) is 0 Å². The maximum absolute atomic E-state index is 12.4. The van der Waals surface area contributed by atoms with Crippen LogP contribution in [0.5, 0.6) is 0 Å². The Morgan fingerprint density at radius 2 is 2.19 bits per heavy atom. The molecule has 1 aliphatic heterocycles. The minimum absolute atomic E-state index is 0.00365. The molecule has 27 heavy (non-hydrogen) atoms. The first kappa shape index (κ1) is 18.3. The van der Waals surface area contributed by atoms with Crippen molar-refractivity contribution in [1.29, 1.82) is 0 Å². The molecular weight excluding hydrogens is 430 g/mol. The molecule has 4 heterocycles.